The summed E-state index contributed by atoms with van der Waals surface area (Å²) in [4.78, 5) is 15.3. The van der Waals surface area contributed by atoms with Crippen molar-refractivity contribution in [1.82, 2.24) is 4.90 Å². The molecule has 2 heterocycles. The molecule has 2 N–H and O–H groups in total. The van der Waals surface area contributed by atoms with E-state index in [1.54, 1.807) is 0 Å². The number of hydrogen-bond donors (Lipinski definition) is 1. The Bertz CT molecular complexity index is 659. The van der Waals surface area contributed by atoms with Crippen LogP contribution >= 0.6 is 27.3 Å². The van der Waals surface area contributed by atoms with Crippen LogP contribution in [-0.2, 0) is 0 Å². The first-order chi connectivity index (χ1) is 9.56. The SMILES string of the molecule is CC1CCN(C(=O)c2sc3ccc(Br)cc3c2N)CC1. The first-order valence-electron chi connectivity index (χ1n) is 6.83. The number of nitrogens with zero attached hydrogens (tertiary/aromatic N) is 1. The predicted molar refractivity (Wildman–Crippen MR) is 88.2 cm³/mol. The molecule has 3 nitrogen and oxygen atoms in total. The van der Waals surface area contributed by atoms with Crippen molar-refractivity contribution in [2.75, 3.05) is 18.8 Å². The van der Waals surface area contributed by atoms with E-state index in [1.165, 1.54) is 11.3 Å². The van der Waals surface area contributed by atoms with Gasteiger partial charge in [-0.2, -0.15) is 0 Å². The lowest BCUT2D eigenvalue weighted by atomic mass is 9.99. The highest BCUT2D eigenvalue weighted by Gasteiger charge is 2.25. The van der Waals surface area contributed by atoms with E-state index in [1.807, 2.05) is 23.1 Å². The second-order valence-electron chi connectivity index (χ2n) is 5.46. The van der Waals surface area contributed by atoms with Gasteiger partial charge in [-0.15, -0.1) is 11.3 Å². The van der Waals surface area contributed by atoms with Gasteiger partial charge >= 0.3 is 0 Å². The summed E-state index contributed by atoms with van der Waals surface area (Å²) in [6.45, 7) is 3.93. The van der Waals surface area contributed by atoms with Gasteiger partial charge in [-0.25, -0.2) is 0 Å². The Kier molecular flexibility index (Phi) is 3.73. The maximum absolute atomic E-state index is 12.6. The summed E-state index contributed by atoms with van der Waals surface area (Å²) in [5, 5.41) is 0.970. The number of halogens is 1. The number of piperidine rings is 1. The summed E-state index contributed by atoms with van der Waals surface area (Å²) in [6.07, 6.45) is 2.17. The molecule has 1 aromatic carbocycles. The van der Waals surface area contributed by atoms with E-state index in [9.17, 15) is 4.79 Å². The van der Waals surface area contributed by atoms with Crippen LogP contribution < -0.4 is 5.73 Å². The Labute approximate surface area is 130 Å². The van der Waals surface area contributed by atoms with E-state index >= 15 is 0 Å². The van der Waals surface area contributed by atoms with Gasteiger partial charge in [0, 0.05) is 27.6 Å². The van der Waals surface area contributed by atoms with Gasteiger partial charge in [-0.1, -0.05) is 22.9 Å². The van der Waals surface area contributed by atoms with Crippen molar-refractivity contribution in [3.8, 4) is 0 Å². The van der Waals surface area contributed by atoms with Crippen LogP contribution in [0.5, 0.6) is 0 Å². The number of carbonyl (C=O) groups excluding carboxylic acids is 1. The largest absolute Gasteiger partial charge is 0.397 e. The molecule has 2 aromatic rings. The number of benzene rings is 1. The van der Waals surface area contributed by atoms with E-state index in [2.05, 4.69) is 22.9 Å². The van der Waals surface area contributed by atoms with Crippen LogP contribution in [0.25, 0.3) is 10.1 Å². The third-order valence-electron chi connectivity index (χ3n) is 3.95. The molecule has 1 amide bonds. The van der Waals surface area contributed by atoms with E-state index in [-0.39, 0.29) is 5.91 Å². The smallest absolute Gasteiger partial charge is 0.266 e. The molecule has 0 unspecified atom stereocenters. The lowest BCUT2D eigenvalue weighted by Crippen LogP contribution is -2.37. The number of hydrogen-bond acceptors (Lipinski definition) is 3. The van der Waals surface area contributed by atoms with E-state index < -0.39 is 0 Å². The number of amides is 1. The number of rotatable bonds is 1. The number of thiophene rings is 1. The van der Waals surface area contributed by atoms with Crippen LogP contribution in [0.4, 0.5) is 5.69 Å². The predicted octanol–water partition coefficient (Wildman–Crippen LogP) is 4.12. The Hall–Kier alpha value is -1.07. The maximum atomic E-state index is 12.6. The van der Waals surface area contributed by atoms with Gasteiger partial charge in [0.05, 0.1) is 5.69 Å². The molecule has 1 aliphatic heterocycles. The summed E-state index contributed by atoms with van der Waals surface area (Å²) in [5.74, 6) is 0.807. The fraction of sp³-hybridized carbons (Fsp3) is 0.400. The van der Waals surface area contributed by atoms with Gasteiger partial charge in [0.1, 0.15) is 4.88 Å². The number of likely N-dealkylation sites (tertiary alicyclic amines) is 1. The molecule has 1 aromatic heterocycles. The molecule has 0 saturated carbocycles. The van der Waals surface area contributed by atoms with Crippen LogP contribution in [0.3, 0.4) is 0 Å². The minimum absolute atomic E-state index is 0.0896. The second-order valence-corrected chi connectivity index (χ2v) is 7.43. The standard InChI is InChI=1S/C15H17BrN2OS/c1-9-4-6-18(7-5-9)15(19)14-13(17)11-8-10(16)2-3-12(11)20-14/h2-3,8-9H,4-7,17H2,1H3. The van der Waals surface area contributed by atoms with Crippen molar-refractivity contribution in [3.05, 3.63) is 27.5 Å². The van der Waals surface area contributed by atoms with Crippen LogP contribution in [0.2, 0.25) is 0 Å². The fourth-order valence-corrected chi connectivity index (χ4v) is 4.04. The molecule has 3 rings (SSSR count). The number of nitrogens with two attached hydrogens (primary N) is 1. The molecule has 0 radical (unpaired) electrons. The van der Waals surface area contributed by atoms with Crippen molar-refractivity contribution in [1.29, 1.82) is 0 Å². The second kappa shape index (κ2) is 5.37. The fourth-order valence-electron chi connectivity index (χ4n) is 2.60. The van der Waals surface area contributed by atoms with Crippen molar-refractivity contribution in [2.24, 2.45) is 5.92 Å². The van der Waals surface area contributed by atoms with Gasteiger partial charge in [-0.05, 0) is 37.0 Å². The number of carbonyl (C=O) groups is 1. The summed E-state index contributed by atoms with van der Waals surface area (Å²) in [5.41, 5.74) is 6.81. The monoisotopic (exact) mass is 352 g/mol. The average Bonchev–Trinajstić information content (AvgIpc) is 2.76. The van der Waals surface area contributed by atoms with Crippen molar-refractivity contribution < 1.29 is 4.79 Å². The lowest BCUT2D eigenvalue weighted by Gasteiger charge is -2.30. The first kappa shape index (κ1) is 13.9. The van der Waals surface area contributed by atoms with Crippen LogP contribution in [0.1, 0.15) is 29.4 Å². The van der Waals surface area contributed by atoms with Gasteiger partial charge in [0.2, 0.25) is 0 Å². The van der Waals surface area contributed by atoms with E-state index in [4.69, 9.17) is 5.73 Å². The third kappa shape index (κ3) is 2.44. The lowest BCUT2D eigenvalue weighted by molar-refractivity contribution is 0.0703. The Morgan fingerprint density at radius 1 is 1.40 bits per heavy atom. The molecular formula is C15H17BrN2OS. The third-order valence-corrected chi connectivity index (χ3v) is 5.62. The minimum Gasteiger partial charge on any atom is -0.397 e. The van der Waals surface area contributed by atoms with Crippen molar-refractivity contribution in [3.63, 3.8) is 0 Å². The zero-order valence-electron chi connectivity index (χ0n) is 11.4. The van der Waals surface area contributed by atoms with Gasteiger partial charge in [0.15, 0.2) is 0 Å². The molecule has 0 aliphatic carbocycles. The zero-order valence-corrected chi connectivity index (χ0v) is 13.8. The highest BCUT2D eigenvalue weighted by atomic mass is 79.9. The maximum Gasteiger partial charge on any atom is 0.266 e. The van der Waals surface area contributed by atoms with Gasteiger partial charge in [0.25, 0.3) is 5.91 Å². The normalized spacial score (nSPS) is 16.8. The molecule has 0 spiro atoms. The Balaban J connectivity index is 1.93. The highest BCUT2D eigenvalue weighted by molar-refractivity contribution is 9.10. The summed E-state index contributed by atoms with van der Waals surface area (Å²) >= 11 is 4.95. The molecule has 1 aliphatic rings. The Morgan fingerprint density at radius 3 is 2.80 bits per heavy atom. The molecule has 1 fully saturated rings. The molecule has 5 heteroatoms. The van der Waals surface area contributed by atoms with E-state index in [0.29, 0.717) is 10.6 Å². The molecule has 1 saturated heterocycles. The molecular weight excluding hydrogens is 336 g/mol. The van der Waals surface area contributed by atoms with Crippen LogP contribution in [-0.4, -0.2) is 23.9 Å². The molecule has 0 bridgehead atoms. The quantitative estimate of drug-likeness (QED) is 0.838. The molecule has 0 atom stereocenters. The van der Waals surface area contributed by atoms with Gasteiger partial charge in [-0.3, -0.25) is 4.79 Å². The molecule has 106 valence electrons. The van der Waals surface area contributed by atoms with E-state index in [0.717, 1.165) is 46.4 Å². The number of anilines is 1. The van der Waals surface area contributed by atoms with Crippen LogP contribution in [0, 0.1) is 5.92 Å². The zero-order chi connectivity index (χ0) is 14.3. The van der Waals surface area contributed by atoms with Crippen molar-refractivity contribution >= 4 is 48.9 Å². The van der Waals surface area contributed by atoms with Gasteiger partial charge < -0.3 is 10.6 Å². The summed E-state index contributed by atoms with van der Waals surface area (Å²) in [7, 11) is 0. The molecule has 20 heavy (non-hydrogen) atoms. The topological polar surface area (TPSA) is 46.3 Å². The van der Waals surface area contributed by atoms with Crippen molar-refractivity contribution in [2.45, 2.75) is 19.8 Å². The van der Waals surface area contributed by atoms with Crippen LogP contribution in [0.15, 0.2) is 22.7 Å². The summed E-state index contributed by atoms with van der Waals surface area (Å²) in [6, 6.07) is 5.97. The highest BCUT2D eigenvalue weighted by Crippen LogP contribution is 2.36. The Morgan fingerprint density at radius 2 is 2.10 bits per heavy atom. The summed E-state index contributed by atoms with van der Waals surface area (Å²) < 4.78 is 2.06. The first-order valence-corrected chi connectivity index (χ1v) is 8.44. The average molecular weight is 353 g/mol. The number of fused-ring (bicyclic) bond motifs is 1. The minimum atomic E-state index is 0.0896. The number of nitrogen functional groups attached to an aromatic ring is 1.